The highest BCUT2D eigenvalue weighted by atomic mass is 35.5. The lowest BCUT2D eigenvalue weighted by molar-refractivity contribution is 0.949. The zero-order valence-corrected chi connectivity index (χ0v) is 13.3. The Morgan fingerprint density at radius 3 is 2.75 bits per heavy atom. The van der Waals surface area contributed by atoms with Crippen molar-refractivity contribution >= 4 is 40.3 Å². The van der Waals surface area contributed by atoms with Gasteiger partial charge in [0.1, 0.15) is 0 Å². The maximum atomic E-state index is 6.10. The van der Waals surface area contributed by atoms with E-state index in [1.165, 1.54) is 12.8 Å². The Kier molecular flexibility index (Phi) is 5.26. The predicted octanol–water partition coefficient (Wildman–Crippen LogP) is 3.80. The first-order valence-electron chi connectivity index (χ1n) is 6.80. The van der Waals surface area contributed by atoms with Gasteiger partial charge in [0.15, 0.2) is 5.11 Å². The summed E-state index contributed by atoms with van der Waals surface area (Å²) in [6, 6.07) is 5.89. The Hall–Kier alpha value is -1.26. The van der Waals surface area contributed by atoms with Gasteiger partial charge in [0.25, 0.3) is 0 Å². The molecule has 1 aliphatic rings. The Labute approximate surface area is 131 Å². The van der Waals surface area contributed by atoms with Crippen molar-refractivity contribution < 1.29 is 0 Å². The highest BCUT2D eigenvalue weighted by molar-refractivity contribution is 7.80. The molecule has 1 aromatic carbocycles. The number of nitrogens with one attached hydrogen (secondary N) is 2. The molecule has 0 atom stereocenters. The van der Waals surface area contributed by atoms with E-state index in [-0.39, 0.29) is 0 Å². The van der Waals surface area contributed by atoms with Crippen LogP contribution in [0.1, 0.15) is 19.8 Å². The molecule has 0 saturated carbocycles. The van der Waals surface area contributed by atoms with Crippen LogP contribution in [0, 0.1) is 0 Å². The van der Waals surface area contributed by atoms with Gasteiger partial charge in [-0.15, -0.1) is 0 Å². The van der Waals surface area contributed by atoms with Crippen molar-refractivity contribution in [1.29, 1.82) is 0 Å². The van der Waals surface area contributed by atoms with E-state index >= 15 is 0 Å². The fraction of sp³-hybridized carbons (Fsp3) is 0.400. The number of halogens is 1. The molecule has 1 aromatic rings. The fourth-order valence-corrected chi connectivity index (χ4v) is 2.59. The summed E-state index contributed by atoms with van der Waals surface area (Å²) in [7, 11) is 0. The van der Waals surface area contributed by atoms with Crippen LogP contribution in [0.5, 0.6) is 0 Å². The topological polar surface area (TPSA) is 27.3 Å². The molecule has 20 heavy (non-hydrogen) atoms. The fourth-order valence-electron chi connectivity index (χ4n) is 2.24. The molecular weight excluding hydrogens is 290 g/mol. The van der Waals surface area contributed by atoms with Gasteiger partial charge in [0, 0.05) is 24.7 Å². The average molecular weight is 310 g/mol. The van der Waals surface area contributed by atoms with Crippen LogP contribution in [-0.2, 0) is 0 Å². The SMILES string of the molecule is C=C(C)CNC(=S)Nc1cc(Cl)ccc1N1CCCC1. The molecule has 1 aliphatic heterocycles. The van der Waals surface area contributed by atoms with Crippen LogP contribution < -0.4 is 15.5 Å². The zero-order valence-electron chi connectivity index (χ0n) is 11.7. The van der Waals surface area contributed by atoms with Gasteiger partial charge in [0.05, 0.1) is 11.4 Å². The predicted molar refractivity (Wildman–Crippen MR) is 91.9 cm³/mol. The summed E-state index contributed by atoms with van der Waals surface area (Å²) in [5, 5.41) is 7.66. The normalized spacial score (nSPS) is 14.2. The molecule has 2 rings (SSSR count). The second-order valence-corrected chi connectivity index (χ2v) is 5.97. The summed E-state index contributed by atoms with van der Waals surface area (Å²) >= 11 is 11.4. The lowest BCUT2D eigenvalue weighted by Gasteiger charge is -2.22. The second-order valence-electron chi connectivity index (χ2n) is 5.12. The number of nitrogens with zero attached hydrogens (tertiary/aromatic N) is 1. The van der Waals surface area contributed by atoms with Crippen molar-refractivity contribution in [2.24, 2.45) is 0 Å². The first-order chi connectivity index (χ1) is 9.56. The molecule has 5 heteroatoms. The van der Waals surface area contributed by atoms with Gasteiger partial charge in [-0.2, -0.15) is 0 Å². The van der Waals surface area contributed by atoms with E-state index in [1.807, 2.05) is 19.1 Å². The van der Waals surface area contributed by atoms with E-state index in [0.717, 1.165) is 30.0 Å². The largest absolute Gasteiger partial charge is 0.370 e. The Balaban J connectivity index is 2.10. The number of hydrogen-bond acceptors (Lipinski definition) is 2. The molecule has 0 spiro atoms. The first-order valence-corrected chi connectivity index (χ1v) is 7.58. The van der Waals surface area contributed by atoms with Gasteiger partial charge in [-0.25, -0.2) is 0 Å². The number of thiocarbonyl (C=S) groups is 1. The average Bonchev–Trinajstić information content (AvgIpc) is 2.90. The molecule has 0 radical (unpaired) electrons. The number of rotatable bonds is 4. The molecule has 1 heterocycles. The van der Waals surface area contributed by atoms with E-state index in [9.17, 15) is 0 Å². The standard InChI is InChI=1S/C15H20ClN3S/c1-11(2)10-17-15(20)18-13-9-12(16)5-6-14(13)19-7-3-4-8-19/h5-6,9H,1,3-4,7-8,10H2,2H3,(H2,17,18,20). The third kappa shape index (κ3) is 4.12. The third-order valence-electron chi connectivity index (χ3n) is 3.20. The van der Waals surface area contributed by atoms with E-state index < -0.39 is 0 Å². The monoisotopic (exact) mass is 309 g/mol. The minimum atomic E-state index is 0.593. The summed E-state index contributed by atoms with van der Waals surface area (Å²) in [6.07, 6.45) is 2.47. The molecule has 0 aromatic heterocycles. The molecule has 1 saturated heterocycles. The van der Waals surface area contributed by atoms with Crippen LogP contribution in [0.2, 0.25) is 5.02 Å². The maximum absolute atomic E-state index is 6.10. The molecule has 0 unspecified atom stereocenters. The summed E-state index contributed by atoms with van der Waals surface area (Å²) < 4.78 is 0. The quantitative estimate of drug-likeness (QED) is 0.653. The smallest absolute Gasteiger partial charge is 0.171 e. The summed E-state index contributed by atoms with van der Waals surface area (Å²) in [6.45, 7) is 8.66. The van der Waals surface area contributed by atoms with E-state index in [0.29, 0.717) is 16.7 Å². The number of anilines is 2. The third-order valence-corrected chi connectivity index (χ3v) is 3.69. The molecule has 0 amide bonds. The van der Waals surface area contributed by atoms with Gasteiger partial charge in [-0.3, -0.25) is 0 Å². The van der Waals surface area contributed by atoms with Crippen LogP contribution in [0.4, 0.5) is 11.4 Å². The highest BCUT2D eigenvalue weighted by Gasteiger charge is 2.16. The zero-order chi connectivity index (χ0) is 14.5. The second kappa shape index (κ2) is 6.95. The van der Waals surface area contributed by atoms with Gasteiger partial charge < -0.3 is 15.5 Å². The van der Waals surface area contributed by atoms with E-state index in [2.05, 4.69) is 28.2 Å². The van der Waals surface area contributed by atoms with Gasteiger partial charge >= 0.3 is 0 Å². The molecule has 3 nitrogen and oxygen atoms in total. The van der Waals surface area contributed by atoms with Crippen LogP contribution in [0.15, 0.2) is 30.4 Å². The number of hydrogen-bond donors (Lipinski definition) is 2. The van der Waals surface area contributed by atoms with Crippen LogP contribution >= 0.6 is 23.8 Å². The van der Waals surface area contributed by atoms with Crippen molar-refractivity contribution in [3.63, 3.8) is 0 Å². The maximum Gasteiger partial charge on any atom is 0.171 e. The lowest BCUT2D eigenvalue weighted by Crippen LogP contribution is -2.30. The van der Waals surface area contributed by atoms with Crippen LogP contribution in [0.3, 0.4) is 0 Å². The lowest BCUT2D eigenvalue weighted by atomic mass is 10.2. The molecule has 0 aliphatic carbocycles. The Morgan fingerprint density at radius 2 is 2.10 bits per heavy atom. The minimum absolute atomic E-state index is 0.593. The van der Waals surface area contributed by atoms with Crippen molar-refractivity contribution in [1.82, 2.24) is 5.32 Å². The van der Waals surface area contributed by atoms with Gasteiger partial charge in [-0.05, 0) is 50.2 Å². The molecule has 108 valence electrons. The molecule has 2 N–H and O–H groups in total. The van der Waals surface area contributed by atoms with Crippen molar-refractivity contribution in [2.45, 2.75) is 19.8 Å². The summed E-state index contributed by atoms with van der Waals surface area (Å²) in [4.78, 5) is 2.36. The van der Waals surface area contributed by atoms with Crippen molar-refractivity contribution in [2.75, 3.05) is 29.9 Å². The summed E-state index contributed by atoms with van der Waals surface area (Å²) in [5.41, 5.74) is 3.16. The molecular formula is C15H20ClN3S. The highest BCUT2D eigenvalue weighted by Crippen LogP contribution is 2.31. The molecule has 1 fully saturated rings. The van der Waals surface area contributed by atoms with E-state index in [1.54, 1.807) is 0 Å². The summed E-state index contributed by atoms with van der Waals surface area (Å²) in [5.74, 6) is 0. The number of benzene rings is 1. The van der Waals surface area contributed by atoms with Crippen LogP contribution in [0.25, 0.3) is 0 Å². The van der Waals surface area contributed by atoms with Crippen molar-refractivity contribution in [3.05, 3.63) is 35.4 Å². The van der Waals surface area contributed by atoms with Gasteiger partial charge in [-0.1, -0.05) is 23.8 Å². The van der Waals surface area contributed by atoms with Crippen LogP contribution in [-0.4, -0.2) is 24.7 Å². The Bertz CT molecular complexity index is 510. The Morgan fingerprint density at radius 1 is 1.40 bits per heavy atom. The minimum Gasteiger partial charge on any atom is -0.370 e. The first kappa shape index (κ1) is 15.1. The molecule has 0 bridgehead atoms. The van der Waals surface area contributed by atoms with Crippen molar-refractivity contribution in [3.8, 4) is 0 Å². The van der Waals surface area contributed by atoms with E-state index in [4.69, 9.17) is 23.8 Å². The van der Waals surface area contributed by atoms with Gasteiger partial charge in [0.2, 0.25) is 0 Å².